The molecular weight excluding hydrogens is 150 g/mol. The fraction of sp³-hybridized carbons (Fsp3) is 0.333. The monoisotopic (exact) mass is 165 g/mol. The summed E-state index contributed by atoms with van der Waals surface area (Å²) < 4.78 is 0. The van der Waals surface area contributed by atoms with Gasteiger partial charge >= 0.3 is 0 Å². The average molecular weight is 165 g/mol. The maximum atomic E-state index is 3.39. The van der Waals surface area contributed by atoms with Crippen LogP contribution in [0.5, 0.6) is 0 Å². The first-order chi connectivity index (χ1) is 5.43. The normalized spacial score (nSPS) is 10.2. The summed E-state index contributed by atoms with van der Waals surface area (Å²) in [6.07, 6.45) is 0. The van der Waals surface area contributed by atoms with Crippen molar-refractivity contribution >= 4 is 10.2 Å². The van der Waals surface area contributed by atoms with Crippen LogP contribution in [-0.2, 0) is 6.54 Å². The molecule has 60 valence electrons. The molecule has 0 saturated carbocycles. The summed E-state index contributed by atoms with van der Waals surface area (Å²) >= 11 is 0. The molecule has 0 aliphatic carbocycles. The number of rotatable bonds is 4. The first kappa shape index (κ1) is 8.49. The highest BCUT2D eigenvalue weighted by molar-refractivity contribution is 6.08. The maximum absolute atomic E-state index is 3.39. The van der Waals surface area contributed by atoms with Crippen molar-refractivity contribution in [3.8, 4) is 0 Å². The Hall–Kier alpha value is -0.603. The zero-order chi connectivity index (χ0) is 7.94. The molecule has 1 aromatic carbocycles. The highest BCUT2D eigenvalue weighted by atomic mass is 28.1. The smallest absolute Gasteiger partial charge is 0.0205 e. The molecule has 0 unspecified atom stereocenters. The van der Waals surface area contributed by atoms with E-state index >= 15 is 0 Å². The second-order valence-corrected chi connectivity index (χ2v) is 3.66. The van der Waals surface area contributed by atoms with Gasteiger partial charge < -0.3 is 5.32 Å². The second kappa shape index (κ2) is 5.10. The van der Waals surface area contributed by atoms with Crippen LogP contribution in [0.2, 0.25) is 6.04 Å². The first-order valence-electron chi connectivity index (χ1n) is 4.18. The van der Waals surface area contributed by atoms with Crippen LogP contribution in [0.4, 0.5) is 0 Å². The Morgan fingerprint density at radius 3 is 2.55 bits per heavy atom. The lowest BCUT2D eigenvalue weighted by Gasteiger charge is -2.01. The third kappa shape index (κ3) is 3.35. The number of benzene rings is 1. The molecule has 0 saturated heterocycles. The van der Waals surface area contributed by atoms with Gasteiger partial charge in [-0.2, -0.15) is 0 Å². The van der Waals surface area contributed by atoms with Crippen LogP contribution in [0.1, 0.15) is 5.56 Å². The molecule has 0 amide bonds. The van der Waals surface area contributed by atoms with Gasteiger partial charge in [0.1, 0.15) is 0 Å². The quantitative estimate of drug-likeness (QED) is 0.508. The van der Waals surface area contributed by atoms with Crippen molar-refractivity contribution in [1.29, 1.82) is 0 Å². The van der Waals surface area contributed by atoms with Gasteiger partial charge in [-0.15, -0.1) is 0 Å². The third-order valence-corrected chi connectivity index (χ3v) is 2.10. The van der Waals surface area contributed by atoms with E-state index in [0.29, 0.717) is 0 Å². The largest absolute Gasteiger partial charge is 0.313 e. The van der Waals surface area contributed by atoms with Crippen LogP contribution in [-0.4, -0.2) is 16.8 Å². The lowest BCUT2D eigenvalue weighted by Crippen LogP contribution is -2.13. The van der Waals surface area contributed by atoms with Crippen LogP contribution in [0.15, 0.2) is 30.3 Å². The average Bonchev–Trinajstić information content (AvgIpc) is 2.07. The molecule has 0 atom stereocenters. The molecule has 1 rings (SSSR count). The van der Waals surface area contributed by atoms with Crippen LogP contribution >= 0.6 is 0 Å². The fourth-order valence-electron chi connectivity index (χ4n) is 1.01. The molecule has 0 fully saturated rings. The minimum Gasteiger partial charge on any atom is -0.313 e. The summed E-state index contributed by atoms with van der Waals surface area (Å²) in [6.45, 7) is 2.18. The van der Waals surface area contributed by atoms with E-state index in [-0.39, 0.29) is 0 Å². The second-order valence-electron chi connectivity index (χ2n) is 2.66. The van der Waals surface area contributed by atoms with Gasteiger partial charge in [0.05, 0.1) is 0 Å². The molecule has 1 aromatic rings. The summed E-state index contributed by atoms with van der Waals surface area (Å²) in [6, 6.07) is 11.9. The Balaban J connectivity index is 2.28. The Morgan fingerprint density at radius 1 is 1.18 bits per heavy atom. The van der Waals surface area contributed by atoms with E-state index in [9.17, 15) is 0 Å². The zero-order valence-corrected chi connectivity index (χ0v) is 9.01. The molecule has 0 heterocycles. The van der Waals surface area contributed by atoms with Crippen molar-refractivity contribution in [2.24, 2.45) is 0 Å². The van der Waals surface area contributed by atoms with Crippen molar-refractivity contribution in [3.05, 3.63) is 35.9 Å². The van der Waals surface area contributed by atoms with E-state index in [0.717, 1.165) is 6.54 Å². The highest BCUT2D eigenvalue weighted by Crippen LogP contribution is 1.96. The van der Waals surface area contributed by atoms with E-state index in [1.807, 2.05) is 0 Å². The summed E-state index contributed by atoms with van der Waals surface area (Å²) in [7, 11) is 1.30. The minimum atomic E-state index is 1.02. The van der Waals surface area contributed by atoms with Gasteiger partial charge in [-0.25, -0.2) is 0 Å². The van der Waals surface area contributed by atoms with E-state index in [2.05, 4.69) is 35.6 Å². The Labute approximate surface area is 71.2 Å². The third-order valence-electron chi connectivity index (χ3n) is 1.60. The van der Waals surface area contributed by atoms with E-state index < -0.39 is 0 Å². The van der Waals surface area contributed by atoms with E-state index in [1.54, 1.807) is 0 Å². The van der Waals surface area contributed by atoms with Crippen molar-refractivity contribution in [3.63, 3.8) is 0 Å². The van der Waals surface area contributed by atoms with Crippen LogP contribution < -0.4 is 5.32 Å². The molecule has 0 radical (unpaired) electrons. The molecule has 0 spiro atoms. The van der Waals surface area contributed by atoms with Gasteiger partial charge in [0.25, 0.3) is 0 Å². The Bertz CT molecular complexity index is 186. The number of hydrogen-bond acceptors (Lipinski definition) is 1. The fourth-order valence-corrected chi connectivity index (χ4v) is 1.36. The van der Waals surface area contributed by atoms with Crippen molar-refractivity contribution in [2.75, 3.05) is 6.54 Å². The molecule has 1 nitrogen and oxygen atoms in total. The molecule has 11 heavy (non-hydrogen) atoms. The van der Waals surface area contributed by atoms with Crippen LogP contribution in [0.3, 0.4) is 0 Å². The molecule has 0 bridgehead atoms. The van der Waals surface area contributed by atoms with Crippen molar-refractivity contribution in [1.82, 2.24) is 5.32 Å². The predicted octanol–water partition coefficient (Wildman–Crippen LogP) is 0.560. The van der Waals surface area contributed by atoms with Gasteiger partial charge in [0.15, 0.2) is 0 Å². The standard InChI is InChI=1S/C9H15NSi/c11-7-6-10-8-9-4-2-1-3-5-9/h1-5,10H,6-8H2,11H3. The first-order valence-corrected chi connectivity index (χ1v) is 5.59. The topological polar surface area (TPSA) is 12.0 Å². The summed E-state index contributed by atoms with van der Waals surface area (Å²) in [5, 5.41) is 3.39. The van der Waals surface area contributed by atoms with E-state index in [4.69, 9.17) is 0 Å². The molecule has 1 N–H and O–H groups in total. The van der Waals surface area contributed by atoms with Gasteiger partial charge in [0.2, 0.25) is 0 Å². The summed E-state index contributed by atoms with van der Waals surface area (Å²) in [4.78, 5) is 0. The SMILES string of the molecule is [SiH3]CCNCc1ccccc1. The lowest BCUT2D eigenvalue weighted by molar-refractivity contribution is 0.726. The zero-order valence-electron chi connectivity index (χ0n) is 7.01. The summed E-state index contributed by atoms with van der Waals surface area (Å²) in [5.74, 6) is 0. The lowest BCUT2D eigenvalue weighted by atomic mass is 10.2. The van der Waals surface area contributed by atoms with Gasteiger partial charge in [-0.3, -0.25) is 0 Å². The van der Waals surface area contributed by atoms with Crippen molar-refractivity contribution < 1.29 is 0 Å². The molecule has 0 aliphatic rings. The van der Waals surface area contributed by atoms with Gasteiger partial charge in [0, 0.05) is 16.8 Å². The van der Waals surface area contributed by atoms with Crippen LogP contribution in [0.25, 0.3) is 0 Å². The Kier molecular flexibility index (Phi) is 3.94. The predicted molar refractivity (Wildman–Crippen MR) is 52.9 cm³/mol. The van der Waals surface area contributed by atoms with Crippen LogP contribution in [0, 0.1) is 0 Å². The van der Waals surface area contributed by atoms with E-state index in [1.165, 1.54) is 28.4 Å². The van der Waals surface area contributed by atoms with Gasteiger partial charge in [-0.1, -0.05) is 36.4 Å². The summed E-state index contributed by atoms with van der Waals surface area (Å²) in [5.41, 5.74) is 1.38. The molecule has 2 heteroatoms. The highest BCUT2D eigenvalue weighted by Gasteiger charge is 1.87. The molecular formula is C9H15NSi. The minimum absolute atomic E-state index is 1.02. The molecule has 0 aromatic heterocycles. The molecule has 0 aliphatic heterocycles. The van der Waals surface area contributed by atoms with Crippen molar-refractivity contribution in [2.45, 2.75) is 12.6 Å². The maximum Gasteiger partial charge on any atom is 0.0205 e. The number of hydrogen-bond donors (Lipinski definition) is 1. The Morgan fingerprint density at radius 2 is 1.91 bits per heavy atom. The van der Waals surface area contributed by atoms with Gasteiger partial charge in [-0.05, 0) is 12.1 Å². The number of nitrogens with one attached hydrogen (secondary N) is 1.